The quantitative estimate of drug-likeness (QED) is 0.603. The second-order valence-corrected chi connectivity index (χ2v) is 4.36. The number of hydrogen-bond donors (Lipinski definition) is 2. The molecule has 0 aliphatic rings. The van der Waals surface area contributed by atoms with Crippen molar-refractivity contribution >= 4 is 0 Å². The summed E-state index contributed by atoms with van der Waals surface area (Å²) in [6.45, 7) is 5.71. The number of hydrogen-bond acceptors (Lipinski definition) is 2. The summed E-state index contributed by atoms with van der Waals surface area (Å²) in [6.07, 6.45) is 5.60. The molecule has 0 amide bonds. The average Bonchev–Trinajstić information content (AvgIpc) is 1.95. The van der Waals surface area contributed by atoms with Gasteiger partial charge in [0.2, 0.25) is 0 Å². The molecule has 0 heterocycles. The Labute approximate surface area is 82.0 Å². The number of rotatable bonds is 7. The van der Waals surface area contributed by atoms with Gasteiger partial charge in [-0.05, 0) is 20.3 Å². The maximum atomic E-state index is 9.82. The van der Waals surface area contributed by atoms with E-state index in [0.29, 0.717) is 6.42 Å². The third kappa shape index (κ3) is 8.26. The lowest BCUT2D eigenvalue weighted by Gasteiger charge is -2.24. The Kier molecular flexibility index (Phi) is 6.35. The van der Waals surface area contributed by atoms with Crippen LogP contribution in [0, 0.1) is 0 Å². The van der Waals surface area contributed by atoms with Gasteiger partial charge in [0.15, 0.2) is 0 Å². The van der Waals surface area contributed by atoms with E-state index in [2.05, 4.69) is 6.92 Å². The molecule has 80 valence electrons. The Morgan fingerprint density at radius 1 is 1.23 bits per heavy atom. The molecule has 0 fully saturated rings. The molecule has 13 heavy (non-hydrogen) atoms. The van der Waals surface area contributed by atoms with Crippen molar-refractivity contribution in [2.45, 2.75) is 71.0 Å². The molecule has 2 atom stereocenters. The normalized spacial score (nSPS) is 18.2. The van der Waals surface area contributed by atoms with Gasteiger partial charge in [0, 0.05) is 6.42 Å². The molecule has 0 saturated carbocycles. The summed E-state index contributed by atoms with van der Waals surface area (Å²) in [5, 5.41) is 19.0. The summed E-state index contributed by atoms with van der Waals surface area (Å²) in [5.41, 5.74) is -0.679. The molecular weight excluding hydrogens is 164 g/mol. The molecular formula is C11H24O2. The summed E-state index contributed by atoms with van der Waals surface area (Å²) >= 11 is 0. The van der Waals surface area contributed by atoms with E-state index >= 15 is 0 Å². The van der Waals surface area contributed by atoms with Gasteiger partial charge in [-0.2, -0.15) is 0 Å². The summed E-state index contributed by atoms with van der Waals surface area (Å²) in [7, 11) is 0. The minimum atomic E-state index is -0.679. The minimum Gasteiger partial charge on any atom is -0.393 e. The highest BCUT2D eigenvalue weighted by Gasteiger charge is 2.21. The van der Waals surface area contributed by atoms with Crippen LogP contribution in [0.25, 0.3) is 0 Å². The first-order chi connectivity index (χ1) is 5.98. The zero-order valence-corrected chi connectivity index (χ0v) is 9.21. The first-order valence-corrected chi connectivity index (χ1v) is 5.38. The van der Waals surface area contributed by atoms with Crippen LogP contribution in [0.5, 0.6) is 0 Å². The van der Waals surface area contributed by atoms with Gasteiger partial charge in [0.25, 0.3) is 0 Å². The van der Waals surface area contributed by atoms with Crippen LogP contribution in [-0.2, 0) is 0 Å². The first-order valence-electron chi connectivity index (χ1n) is 5.38. The average molecular weight is 188 g/mol. The minimum absolute atomic E-state index is 0.402. The van der Waals surface area contributed by atoms with Crippen LogP contribution in [0.3, 0.4) is 0 Å². The first kappa shape index (κ1) is 12.9. The topological polar surface area (TPSA) is 40.5 Å². The highest BCUT2D eigenvalue weighted by Crippen LogP contribution is 2.20. The zero-order valence-electron chi connectivity index (χ0n) is 9.21. The van der Waals surface area contributed by atoms with Crippen molar-refractivity contribution in [3.05, 3.63) is 0 Å². The third-order valence-corrected chi connectivity index (χ3v) is 2.30. The SMILES string of the molecule is CCCCCCC(C)(O)CC(C)O. The highest BCUT2D eigenvalue weighted by atomic mass is 16.3. The Balaban J connectivity index is 3.50. The van der Waals surface area contributed by atoms with Crippen LogP contribution in [0.15, 0.2) is 0 Å². The van der Waals surface area contributed by atoms with E-state index < -0.39 is 11.7 Å². The fourth-order valence-corrected chi connectivity index (χ4v) is 1.67. The molecule has 0 aromatic carbocycles. The van der Waals surface area contributed by atoms with Gasteiger partial charge in [-0.15, -0.1) is 0 Å². The maximum absolute atomic E-state index is 9.82. The van der Waals surface area contributed by atoms with Crippen LogP contribution in [0.2, 0.25) is 0 Å². The fraction of sp³-hybridized carbons (Fsp3) is 1.00. The van der Waals surface area contributed by atoms with E-state index in [9.17, 15) is 5.11 Å². The molecule has 0 aromatic rings. The van der Waals surface area contributed by atoms with Gasteiger partial charge in [0.1, 0.15) is 0 Å². The van der Waals surface area contributed by atoms with Gasteiger partial charge in [-0.3, -0.25) is 0 Å². The summed E-state index contributed by atoms with van der Waals surface area (Å²) in [6, 6.07) is 0. The number of aliphatic hydroxyl groups excluding tert-OH is 1. The number of aliphatic hydroxyl groups is 2. The van der Waals surface area contributed by atoms with Gasteiger partial charge >= 0.3 is 0 Å². The third-order valence-electron chi connectivity index (χ3n) is 2.30. The van der Waals surface area contributed by atoms with E-state index in [1.165, 1.54) is 19.3 Å². The molecule has 0 aliphatic heterocycles. The van der Waals surface area contributed by atoms with Crippen molar-refractivity contribution in [3.8, 4) is 0 Å². The Morgan fingerprint density at radius 2 is 1.85 bits per heavy atom. The Bertz CT molecular complexity index is 119. The Morgan fingerprint density at radius 3 is 2.31 bits per heavy atom. The molecule has 0 bridgehead atoms. The molecule has 2 unspecified atom stereocenters. The molecule has 0 radical (unpaired) electrons. The fourth-order valence-electron chi connectivity index (χ4n) is 1.67. The predicted molar refractivity (Wildman–Crippen MR) is 55.7 cm³/mol. The van der Waals surface area contributed by atoms with E-state index in [0.717, 1.165) is 12.8 Å². The van der Waals surface area contributed by atoms with Crippen molar-refractivity contribution in [2.24, 2.45) is 0 Å². The summed E-state index contributed by atoms with van der Waals surface area (Å²) < 4.78 is 0. The van der Waals surface area contributed by atoms with Crippen LogP contribution in [0.4, 0.5) is 0 Å². The van der Waals surface area contributed by atoms with Crippen molar-refractivity contribution in [1.82, 2.24) is 0 Å². The summed E-state index contributed by atoms with van der Waals surface area (Å²) in [4.78, 5) is 0. The van der Waals surface area contributed by atoms with Crippen LogP contribution < -0.4 is 0 Å². The second-order valence-electron chi connectivity index (χ2n) is 4.36. The molecule has 0 spiro atoms. The molecule has 0 aromatic heterocycles. The Hall–Kier alpha value is -0.0800. The molecule has 2 heteroatoms. The lowest BCUT2D eigenvalue weighted by Crippen LogP contribution is -2.28. The van der Waals surface area contributed by atoms with E-state index in [-0.39, 0.29) is 0 Å². The van der Waals surface area contributed by atoms with Crippen molar-refractivity contribution in [1.29, 1.82) is 0 Å². The zero-order chi connectivity index (χ0) is 10.3. The van der Waals surface area contributed by atoms with Gasteiger partial charge in [0.05, 0.1) is 11.7 Å². The smallest absolute Gasteiger partial charge is 0.0644 e. The maximum Gasteiger partial charge on any atom is 0.0644 e. The van der Waals surface area contributed by atoms with Crippen LogP contribution in [-0.4, -0.2) is 21.9 Å². The van der Waals surface area contributed by atoms with Gasteiger partial charge in [-0.25, -0.2) is 0 Å². The molecule has 0 saturated heterocycles. The lowest BCUT2D eigenvalue weighted by atomic mass is 9.92. The van der Waals surface area contributed by atoms with Gasteiger partial charge < -0.3 is 10.2 Å². The van der Waals surface area contributed by atoms with Crippen LogP contribution in [0.1, 0.15) is 59.3 Å². The van der Waals surface area contributed by atoms with E-state index in [4.69, 9.17) is 5.11 Å². The highest BCUT2D eigenvalue weighted by molar-refractivity contribution is 4.74. The molecule has 0 rings (SSSR count). The van der Waals surface area contributed by atoms with Crippen molar-refractivity contribution in [3.63, 3.8) is 0 Å². The molecule has 2 nitrogen and oxygen atoms in total. The standard InChI is InChI=1S/C11H24O2/c1-4-5-6-7-8-11(3,13)9-10(2)12/h10,12-13H,4-9H2,1-3H3. The largest absolute Gasteiger partial charge is 0.393 e. The van der Waals surface area contributed by atoms with Crippen molar-refractivity contribution in [2.75, 3.05) is 0 Å². The predicted octanol–water partition coefficient (Wildman–Crippen LogP) is 2.48. The monoisotopic (exact) mass is 188 g/mol. The second kappa shape index (κ2) is 6.39. The lowest BCUT2D eigenvalue weighted by molar-refractivity contribution is 0.000916. The van der Waals surface area contributed by atoms with Gasteiger partial charge in [-0.1, -0.05) is 32.6 Å². The van der Waals surface area contributed by atoms with Crippen LogP contribution >= 0.6 is 0 Å². The summed E-state index contributed by atoms with van der Waals surface area (Å²) in [5.74, 6) is 0. The number of unbranched alkanes of at least 4 members (excludes halogenated alkanes) is 3. The molecule has 2 N–H and O–H groups in total. The van der Waals surface area contributed by atoms with E-state index in [1.807, 2.05) is 6.92 Å². The molecule has 0 aliphatic carbocycles. The van der Waals surface area contributed by atoms with E-state index in [1.54, 1.807) is 6.92 Å². The van der Waals surface area contributed by atoms with Crippen molar-refractivity contribution < 1.29 is 10.2 Å².